The van der Waals surface area contributed by atoms with E-state index in [1.165, 1.54) is 0 Å². The SMILES string of the molecule is O=S1(=O)NCCCNc2nc(ncc2CCc2cccnc2)Nc2cccc1c2. The van der Waals surface area contributed by atoms with E-state index >= 15 is 0 Å². The van der Waals surface area contributed by atoms with Crippen molar-refractivity contribution in [1.29, 1.82) is 0 Å². The molecule has 0 radical (unpaired) electrons. The number of nitrogens with one attached hydrogen (secondary N) is 3. The van der Waals surface area contributed by atoms with Crippen LogP contribution in [0.4, 0.5) is 17.5 Å². The maximum absolute atomic E-state index is 12.4. The van der Waals surface area contributed by atoms with Gasteiger partial charge in [0.25, 0.3) is 0 Å². The van der Waals surface area contributed by atoms with Crippen LogP contribution >= 0.6 is 0 Å². The molecule has 1 aromatic carbocycles. The summed E-state index contributed by atoms with van der Waals surface area (Å²) >= 11 is 0. The highest BCUT2D eigenvalue weighted by molar-refractivity contribution is 7.89. The highest BCUT2D eigenvalue weighted by Gasteiger charge is 2.15. The molecule has 150 valence electrons. The average Bonchev–Trinajstić information content (AvgIpc) is 2.74. The molecular formula is C20H22N6O2S. The Kier molecular flexibility index (Phi) is 5.68. The van der Waals surface area contributed by atoms with Gasteiger partial charge >= 0.3 is 0 Å². The largest absolute Gasteiger partial charge is 0.370 e. The van der Waals surface area contributed by atoms with E-state index in [-0.39, 0.29) is 4.90 Å². The molecule has 1 aliphatic rings. The van der Waals surface area contributed by atoms with Crippen molar-refractivity contribution in [3.05, 3.63) is 66.1 Å². The molecular weight excluding hydrogens is 388 g/mol. The lowest BCUT2D eigenvalue weighted by molar-refractivity contribution is 0.580. The van der Waals surface area contributed by atoms with Crippen LogP contribution in [0.15, 0.2) is 59.9 Å². The van der Waals surface area contributed by atoms with Gasteiger partial charge in [-0.05, 0) is 49.1 Å². The monoisotopic (exact) mass is 410 g/mol. The maximum atomic E-state index is 12.4. The number of aromatic nitrogens is 3. The number of aryl methyl sites for hydroxylation is 2. The van der Waals surface area contributed by atoms with Crippen LogP contribution in [0.1, 0.15) is 17.5 Å². The number of nitrogens with zero attached hydrogens (tertiary/aromatic N) is 3. The Balaban J connectivity index is 1.60. The standard InChI is InChI=1S/C20H22N6O2S/c27-29(28)18-6-1-5-17(12-18)25-20-23-14-16(8-7-15-4-2-9-21-13-15)19(26-20)22-10-3-11-24-29/h1-2,4-6,9,12-14,24H,3,7-8,10-11H2,(H2,22,23,25,26). The van der Waals surface area contributed by atoms with Crippen LogP contribution < -0.4 is 15.4 Å². The molecule has 0 amide bonds. The van der Waals surface area contributed by atoms with Crippen molar-refractivity contribution < 1.29 is 8.42 Å². The van der Waals surface area contributed by atoms with Gasteiger partial charge in [-0.25, -0.2) is 18.1 Å². The minimum Gasteiger partial charge on any atom is -0.370 e. The second-order valence-electron chi connectivity index (χ2n) is 6.76. The van der Waals surface area contributed by atoms with E-state index < -0.39 is 10.0 Å². The molecule has 4 rings (SSSR count). The Bertz CT molecular complexity index is 1090. The first-order valence-electron chi connectivity index (χ1n) is 9.46. The molecule has 3 aromatic rings. The first kappa shape index (κ1) is 19.3. The molecule has 0 saturated carbocycles. The van der Waals surface area contributed by atoms with E-state index in [0.717, 1.165) is 29.8 Å². The van der Waals surface area contributed by atoms with Gasteiger partial charge in [-0.1, -0.05) is 12.1 Å². The second-order valence-corrected chi connectivity index (χ2v) is 8.53. The van der Waals surface area contributed by atoms with Crippen LogP contribution in [0.3, 0.4) is 0 Å². The van der Waals surface area contributed by atoms with E-state index in [1.54, 1.807) is 30.5 Å². The molecule has 9 heteroatoms. The summed E-state index contributed by atoms with van der Waals surface area (Å²) in [6.07, 6.45) is 7.67. The molecule has 0 saturated heterocycles. The summed E-state index contributed by atoms with van der Waals surface area (Å²) in [5.74, 6) is 1.17. The number of rotatable bonds is 3. The topological polar surface area (TPSA) is 109 Å². The fraction of sp³-hybridized carbons (Fsp3) is 0.250. The summed E-state index contributed by atoms with van der Waals surface area (Å²) in [7, 11) is -3.55. The molecule has 0 fully saturated rings. The molecule has 3 heterocycles. The van der Waals surface area contributed by atoms with Gasteiger partial charge in [0.2, 0.25) is 16.0 Å². The highest BCUT2D eigenvalue weighted by atomic mass is 32.2. The lowest BCUT2D eigenvalue weighted by atomic mass is 10.1. The van der Waals surface area contributed by atoms with Crippen LogP contribution in [0.2, 0.25) is 0 Å². The van der Waals surface area contributed by atoms with E-state index in [0.29, 0.717) is 31.1 Å². The zero-order valence-corrected chi connectivity index (χ0v) is 16.6. The normalized spacial score (nSPS) is 15.7. The molecule has 1 aliphatic heterocycles. The van der Waals surface area contributed by atoms with Gasteiger partial charge in [-0.15, -0.1) is 0 Å². The fourth-order valence-electron chi connectivity index (χ4n) is 3.08. The first-order valence-corrected chi connectivity index (χ1v) is 10.9. The highest BCUT2D eigenvalue weighted by Crippen LogP contribution is 2.22. The van der Waals surface area contributed by atoms with Crippen molar-refractivity contribution in [2.24, 2.45) is 0 Å². The smallest absolute Gasteiger partial charge is 0.240 e. The number of fused-ring (bicyclic) bond motifs is 4. The van der Waals surface area contributed by atoms with Crippen molar-refractivity contribution in [1.82, 2.24) is 19.7 Å². The number of hydrogen-bond donors (Lipinski definition) is 3. The van der Waals surface area contributed by atoms with E-state index in [4.69, 9.17) is 0 Å². The lowest BCUT2D eigenvalue weighted by Crippen LogP contribution is -2.26. The summed E-state index contributed by atoms with van der Waals surface area (Å²) in [5, 5.41) is 6.42. The molecule has 2 aromatic heterocycles. The molecule has 0 spiro atoms. The third-order valence-electron chi connectivity index (χ3n) is 4.61. The molecule has 4 bridgehead atoms. The molecule has 0 atom stereocenters. The molecule has 29 heavy (non-hydrogen) atoms. The first-order chi connectivity index (χ1) is 14.1. The second kappa shape index (κ2) is 8.54. The third kappa shape index (κ3) is 4.87. The van der Waals surface area contributed by atoms with Crippen molar-refractivity contribution in [3.63, 3.8) is 0 Å². The molecule has 3 N–H and O–H groups in total. The van der Waals surface area contributed by atoms with Crippen LogP contribution in [-0.4, -0.2) is 36.5 Å². The predicted octanol–water partition coefficient (Wildman–Crippen LogP) is 2.49. The van der Waals surface area contributed by atoms with Crippen molar-refractivity contribution in [2.45, 2.75) is 24.2 Å². The van der Waals surface area contributed by atoms with Gasteiger partial charge in [-0.2, -0.15) is 4.98 Å². The molecule has 0 aliphatic carbocycles. The minimum atomic E-state index is -3.55. The quantitative estimate of drug-likeness (QED) is 0.609. The van der Waals surface area contributed by atoms with E-state index in [1.807, 2.05) is 24.5 Å². The van der Waals surface area contributed by atoms with Crippen LogP contribution in [0, 0.1) is 0 Å². The van der Waals surface area contributed by atoms with Crippen molar-refractivity contribution in [3.8, 4) is 0 Å². The number of sulfonamides is 1. The van der Waals surface area contributed by atoms with Crippen LogP contribution in [0.25, 0.3) is 0 Å². The Labute approximate surface area is 169 Å². The summed E-state index contributed by atoms with van der Waals surface area (Å²) in [6.45, 7) is 0.937. The predicted molar refractivity (Wildman–Crippen MR) is 112 cm³/mol. The third-order valence-corrected chi connectivity index (χ3v) is 6.07. The number of pyridine rings is 1. The Morgan fingerprint density at radius 1 is 1.03 bits per heavy atom. The Morgan fingerprint density at radius 3 is 2.83 bits per heavy atom. The van der Waals surface area contributed by atoms with Gasteiger partial charge in [0.15, 0.2) is 0 Å². The summed E-state index contributed by atoms with van der Waals surface area (Å²) in [6, 6.07) is 10.6. The summed E-state index contributed by atoms with van der Waals surface area (Å²) in [4.78, 5) is 13.4. The molecule has 8 nitrogen and oxygen atoms in total. The fourth-order valence-corrected chi connectivity index (χ4v) is 4.20. The van der Waals surface area contributed by atoms with Gasteiger partial charge in [0.1, 0.15) is 5.82 Å². The summed E-state index contributed by atoms with van der Waals surface area (Å²) < 4.78 is 27.5. The lowest BCUT2D eigenvalue weighted by Gasteiger charge is -2.13. The van der Waals surface area contributed by atoms with Crippen LogP contribution in [0.5, 0.6) is 0 Å². The van der Waals surface area contributed by atoms with Gasteiger partial charge in [0, 0.05) is 42.9 Å². The van der Waals surface area contributed by atoms with Crippen LogP contribution in [-0.2, 0) is 22.9 Å². The zero-order valence-electron chi connectivity index (χ0n) is 15.8. The number of anilines is 3. The van der Waals surface area contributed by atoms with Gasteiger partial charge in [-0.3, -0.25) is 4.98 Å². The Morgan fingerprint density at radius 2 is 1.97 bits per heavy atom. The Hall–Kier alpha value is -3.04. The number of benzene rings is 1. The van der Waals surface area contributed by atoms with E-state index in [2.05, 4.69) is 30.3 Å². The zero-order chi connectivity index (χ0) is 20.1. The van der Waals surface area contributed by atoms with E-state index in [9.17, 15) is 8.42 Å². The van der Waals surface area contributed by atoms with Crippen molar-refractivity contribution in [2.75, 3.05) is 23.7 Å². The average molecular weight is 411 g/mol. The van der Waals surface area contributed by atoms with Gasteiger partial charge < -0.3 is 10.6 Å². The van der Waals surface area contributed by atoms with Gasteiger partial charge in [0.05, 0.1) is 4.90 Å². The van der Waals surface area contributed by atoms with Crippen molar-refractivity contribution >= 4 is 27.5 Å². The maximum Gasteiger partial charge on any atom is 0.240 e. The number of hydrogen-bond acceptors (Lipinski definition) is 7. The molecule has 0 unspecified atom stereocenters. The minimum absolute atomic E-state index is 0.211. The summed E-state index contributed by atoms with van der Waals surface area (Å²) in [5.41, 5.74) is 2.77.